The molecule has 0 fully saturated rings. The summed E-state index contributed by atoms with van der Waals surface area (Å²) in [5.74, 6) is -1.54. The second-order valence-corrected chi connectivity index (χ2v) is 7.96. The maximum Gasteiger partial charge on any atom is 0.407 e. The van der Waals surface area contributed by atoms with Crippen LogP contribution in [0.2, 0.25) is 0 Å². The molecule has 1 heterocycles. The molecule has 176 valence electrons. The number of hydrogen-bond acceptors (Lipinski definition) is 5. The maximum absolute atomic E-state index is 12.4. The molecule has 4 rings (SSSR count). The van der Waals surface area contributed by atoms with Gasteiger partial charge in [-0.2, -0.15) is 0 Å². The topological polar surface area (TPSA) is 114 Å². The van der Waals surface area contributed by atoms with Crippen molar-refractivity contribution < 1.29 is 24.2 Å². The molecule has 9 nitrogen and oxygen atoms in total. The van der Waals surface area contributed by atoms with Crippen LogP contribution >= 0.6 is 0 Å². The Kier molecular flexibility index (Phi) is 6.91. The number of nitrogens with zero attached hydrogens (tertiary/aromatic N) is 3. The highest BCUT2D eigenvalue weighted by molar-refractivity contribution is 5.93. The van der Waals surface area contributed by atoms with Gasteiger partial charge in [0.05, 0.1) is 6.33 Å². The molecule has 3 aromatic rings. The summed E-state index contributed by atoms with van der Waals surface area (Å²) in [6.45, 7) is 2.49. The van der Waals surface area contributed by atoms with Gasteiger partial charge in [0.15, 0.2) is 0 Å². The van der Waals surface area contributed by atoms with Gasteiger partial charge in [0.25, 0.3) is 5.91 Å². The van der Waals surface area contributed by atoms with E-state index in [1.807, 2.05) is 24.3 Å². The van der Waals surface area contributed by atoms with Crippen LogP contribution in [0.3, 0.4) is 0 Å². The Hall–Kier alpha value is -4.14. The van der Waals surface area contributed by atoms with Gasteiger partial charge in [-0.25, -0.2) is 9.78 Å². The number of carbonyl (C=O) groups excluding carboxylic acids is 2. The van der Waals surface area contributed by atoms with E-state index in [2.05, 4.69) is 34.6 Å². The normalized spacial score (nSPS) is 12.0. The first-order valence-electron chi connectivity index (χ1n) is 11.1. The molecule has 1 aromatic heterocycles. The molecule has 0 radical (unpaired) electrons. The molecule has 0 atom stereocenters. The van der Waals surface area contributed by atoms with Crippen molar-refractivity contribution in [2.24, 2.45) is 0 Å². The summed E-state index contributed by atoms with van der Waals surface area (Å²) in [5.41, 5.74) is 4.79. The molecule has 0 aliphatic heterocycles. The molecule has 0 unspecified atom stereocenters. The van der Waals surface area contributed by atoms with Crippen molar-refractivity contribution in [3.05, 3.63) is 77.9 Å². The van der Waals surface area contributed by atoms with Crippen LogP contribution in [0.15, 0.2) is 61.1 Å². The largest absolute Gasteiger partial charge is 0.480 e. The second-order valence-electron chi connectivity index (χ2n) is 7.96. The van der Waals surface area contributed by atoms with Crippen molar-refractivity contribution in [3.63, 3.8) is 0 Å². The van der Waals surface area contributed by atoms with Gasteiger partial charge in [0.2, 0.25) is 0 Å². The van der Waals surface area contributed by atoms with E-state index in [4.69, 9.17) is 9.84 Å². The van der Waals surface area contributed by atoms with E-state index < -0.39 is 18.0 Å². The average molecular weight is 463 g/mol. The number of rotatable bonds is 9. The number of fused-ring (bicyclic) bond motifs is 3. The van der Waals surface area contributed by atoms with E-state index >= 15 is 0 Å². The zero-order valence-electron chi connectivity index (χ0n) is 18.8. The lowest BCUT2D eigenvalue weighted by Crippen LogP contribution is -2.35. The Morgan fingerprint density at radius 3 is 2.35 bits per heavy atom. The van der Waals surface area contributed by atoms with Gasteiger partial charge in [0, 0.05) is 31.7 Å². The lowest BCUT2D eigenvalue weighted by Gasteiger charge is -2.16. The third-order valence-electron chi connectivity index (χ3n) is 5.83. The van der Waals surface area contributed by atoms with E-state index in [1.165, 1.54) is 28.6 Å². The summed E-state index contributed by atoms with van der Waals surface area (Å²) in [6.07, 6.45) is 2.49. The Labute approximate surface area is 197 Å². The van der Waals surface area contributed by atoms with Crippen molar-refractivity contribution in [1.29, 1.82) is 0 Å². The number of alkyl carbamates (subject to hydrolysis) is 1. The highest BCUT2D eigenvalue weighted by Gasteiger charge is 2.29. The molecule has 0 spiro atoms. The number of imidazole rings is 1. The predicted molar refractivity (Wildman–Crippen MR) is 125 cm³/mol. The van der Waals surface area contributed by atoms with Crippen LogP contribution in [0.1, 0.15) is 34.5 Å². The number of ether oxygens (including phenoxy) is 1. The van der Waals surface area contributed by atoms with Gasteiger partial charge >= 0.3 is 12.1 Å². The van der Waals surface area contributed by atoms with Gasteiger partial charge in [-0.05, 0) is 29.2 Å². The van der Waals surface area contributed by atoms with Crippen LogP contribution in [0.4, 0.5) is 4.79 Å². The maximum atomic E-state index is 12.4. The minimum absolute atomic E-state index is 0.00677. The third-order valence-corrected chi connectivity index (χ3v) is 5.83. The summed E-state index contributed by atoms with van der Waals surface area (Å²) >= 11 is 0. The molecule has 2 amide bonds. The SMILES string of the molecule is CCN(CC(=O)O)C(=O)c1cn(CCNC(=O)OCC2c3ccccc3-c3ccccc32)cn1. The number of carboxylic acid groups (broad SMARTS) is 1. The van der Waals surface area contributed by atoms with Crippen LogP contribution in [-0.4, -0.2) is 63.8 Å². The van der Waals surface area contributed by atoms with Gasteiger partial charge in [-0.3, -0.25) is 9.59 Å². The van der Waals surface area contributed by atoms with E-state index in [9.17, 15) is 14.4 Å². The summed E-state index contributed by atoms with van der Waals surface area (Å²) in [6, 6.07) is 16.3. The molecule has 34 heavy (non-hydrogen) atoms. The molecular formula is C25H26N4O5. The first kappa shape index (κ1) is 23.0. The van der Waals surface area contributed by atoms with Crippen LogP contribution in [-0.2, 0) is 16.1 Å². The number of amides is 2. The zero-order valence-corrected chi connectivity index (χ0v) is 18.8. The molecule has 0 bridgehead atoms. The first-order chi connectivity index (χ1) is 16.5. The Morgan fingerprint density at radius 1 is 1.09 bits per heavy atom. The Morgan fingerprint density at radius 2 is 1.74 bits per heavy atom. The van der Waals surface area contributed by atoms with Crippen LogP contribution in [0.5, 0.6) is 0 Å². The first-order valence-corrected chi connectivity index (χ1v) is 11.1. The van der Waals surface area contributed by atoms with Crippen molar-refractivity contribution in [1.82, 2.24) is 19.8 Å². The summed E-state index contributed by atoms with van der Waals surface area (Å²) < 4.78 is 7.17. The van der Waals surface area contributed by atoms with E-state index in [1.54, 1.807) is 11.5 Å². The van der Waals surface area contributed by atoms with E-state index in [0.717, 1.165) is 11.1 Å². The zero-order chi connectivity index (χ0) is 24.1. The quantitative estimate of drug-likeness (QED) is 0.505. The van der Waals surface area contributed by atoms with E-state index in [0.29, 0.717) is 6.54 Å². The van der Waals surface area contributed by atoms with Gasteiger partial charge in [-0.15, -0.1) is 0 Å². The highest BCUT2D eigenvalue weighted by Crippen LogP contribution is 2.44. The number of nitrogens with one attached hydrogen (secondary N) is 1. The second kappa shape index (κ2) is 10.2. The number of likely N-dealkylation sites (N-methyl/N-ethyl adjacent to an activating group) is 1. The van der Waals surface area contributed by atoms with Gasteiger partial charge < -0.3 is 24.6 Å². The molecular weight excluding hydrogens is 436 g/mol. The third kappa shape index (κ3) is 4.93. The Balaban J connectivity index is 1.27. The van der Waals surface area contributed by atoms with Gasteiger partial charge in [0.1, 0.15) is 18.8 Å². The van der Waals surface area contributed by atoms with Crippen LogP contribution < -0.4 is 5.32 Å². The predicted octanol–water partition coefficient (Wildman–Crippen LogP) is 2.97. The van der Waals surface area contributed by atoms with Gasteiger partial charge in [-0.1, -0.05) is 48.5 Å². The summed E-state index contributed by atoms with van der Waals surface area (Å²) in [4.78, 5) is 40.8. The lowest BCUT2D eigenvalue weighted by molar-refractivity contribution is -0.137. The lowest BCUT2D eigenvalue weighted by atomic mass is 9.98. The number of carbonyl (C=O) groups is 3. The molecule has 0 saturated heterocycles. The van der Waals surface area contributed by atoms with E-state index in [-0.39, 0.29) is 37.9 Å². The molecule has 2 N–H and O–H groups in total. The smallest absolute Gasteiger partial charge is 0.407 e. The average Bonchev–Trinajstić information content (AvgIpc) is 3.43. The molecule has 2 aromatic carbocycles. The number of carboxylic acids is 1. The highest BCUT2D eigenvalue weighted by atomic mass is 16.5. The monoisotopic (exact) mass is 462 g/mol. The fourth-order valence-corrected chi connectivity index (χ4v) is 4.18. The van der Waals surface area contributed by atoms with Crippen LogP contribution in [0, 0.1) is 0 Å². The van der Waals surface area contributed by atoms with Crippen molar-refractivity contribution in [2.45, 2.75) is 19.4 Å². The van der Waals surface area contributed by atoms with Crippen LogP contribution in [0.25, 0.3) is 11.1 Å². The Bertz CT molecular complexity index is 1160. The summed E-state index contributed by atoms with van der Waals surface area (Å²) in [5, 5.41) is 11.6. The fraction of sp³-hybridized carbons (Fsp3) is 0.280. The van der Waals surface area contributed by atoms with Crippen molar-refractivity contribution in [3.8, 4) is 11.1 Å². The number of hydrogen-bond donors (Lipinski definition) is 2. The van der Waals surface area contributed by atoms with Crippen molar-refractivity contribution in [2.75, 3.05) is 26.2 Å². The molecule has 0 saturated carbocycles. The molecule has 9 heteroatoms. The molecule has 1 aliphatic rings. The number of benzene rings is 2. The minimum Gasteiger partial charge on any atom is -0.480 e. The van der Waals surface area contributed by atoms with Crippen molar-refractivity contribution >= 4 is 18.0 Å². The minimum atomic E-state index is -1.08. The summed E-state index contributed by atoms with van der Waals surface area (Å²) in [7, 11) is 0. The fourth-order valence-electron chi connectivity index (χ4n) is 4.18. The number of aromatic nitrogens is 2. The number of aliphatic carboxylic acids is 1. The standard InChI is InChI=1S/C25H26N4O5/c1-2-29(14-23(30)31)24(32)22-13-28(16-27-22)12-11-26-25(33)34-15-21-19-9-5-3-7-17(19)18-8-4-6-10-20(18)21/h3-10,13,16,21H,2,11-12,14-15H2,1H3,(H,26,33)(H,30,31). The molecule has 1 aliphatic carbocycles.